The fourth-order valence-electron chi connectivity index (χ4n) is 0.529. The van der Waals surface area contributed by atoms with Crippen molar-refractivity contribution in [2.75, 3.05) is 6.61 Å². The molecule has 1 aliphatic heterocycles. The van der Waals surface area contributed by atoms with Gasteiger partial charge in [-0.2, -0.15) is 0 Å². The summed E-state index contributed by atoms with van der Waals surface area (Å²) in [5.41, 5.74) is 0. The van der Waals surface area contributed by atoms with Crippen molar-refractivity contribution in [1.29, 1.82) is 0 Å². The molecule has 1 rings (SSSR count). The number of carbonyl (C=O) groups excluding carboxylic acids is 1. The van der Waals surface area contributed by atoms with Gasteiger partial charge in [0.05, 0.1) is 6.26 Å². The molecule has 1 unspecified atom stereocenters. The summed E-state index contributed by atoms with van der Waals surface area (Å²) in [6, 6.07) is 0. The molecular weight excluding hydrogens is 216 g/mol. The third-order valence-corrected chi connectivity index (χ3v) is 1.06. The fraction of sp³-hybridized carbons (Fsp3) is 0.200. The lowest BCUT2D eigenvalue weighted by Gasteiger charge is -1.92. The first kappa shape index (κ1) is 16.2. The van der Waals surface area contributed by atoms with Crippen molar-refractivity contribution in [3.63, 3.8) is 0 Å². The smallest absolute Gasteiger partial charge is 0.449 e. The normalized spacial score (nSPS) is 16.0. The van der Waals surface area contributed by atoms with Crippen LogP contribution in [0.4, 0.5) is 9.59 Å². The molecule has 0 bridgehead atoms. The predicted octanol–water partition coefficient (Wildman–Crippen LogP) is 2.33. The molecule has 0 radical (unpaired) electrons. The summed E-state index contributed by atoms with van der Waals surface area (Å²) in [7, 11) is 0. The molecule has 0 aromatic carbocycles. The van der Waals surface area contributed by atoms with E-state index in [4.69, 9.17) is 5.11 Å². The molecule has 0 aromatic heterocycles. The third kappa shape index (κ3) is 9.85. The second kappa shape index (κ2) is 10.8. The van der Waals surface area contributed by atoms with E-state index in [1.807, 2.05) is 0 Å². The average Bonchev–Trinajstić information content (AvgIpc) is 2.68. The van der Waals surface area contributed by atoms with Gasteiger partial charge in [-0.3, -0.25) is 0 Å². The van der Waals surface area contributed by atoms with E-state index in [0.717, 1.165) is 6.26 Å². The summed E-state index contributed by atoms with van der Waals surface area (Å²) >= 11 is 0. The van der Waals surface area contributed by atoms with E-state index in [0.29, 0.717) is 6.61 Å². The molecule has 6 heteroatoms. The van der Waals surface area contributed by atoms with Crippen LogP contribution in [0, 0.1) is 0 Å². The average molecular weight is 230 g/mol. The van der Waals surface area contributed by atoms with Crippen LogP contribution in [0.3, 0.4) is 0 Å². The number of ether oxygens (including phenoxy) is 3. The highest BCUT2D eigenvalue weighted by molar-refractivity contribution is 5.62. The summed E-state index contributed by atoms with van der Waals surface area (Å²) in [6.45, 7) is 12.7. The summed E-state index contributed by atoms with van der Waals surface area (Å²) in [5, 5.41) is 7.62. The van der Waals surface area contributed by atoms with E-state index < -0.39 is 12.3 Å². The van der Waals surface area contributed by atoms with E-state index in [-0.39, 0.29) is 6.10 Å². The Kier molecular flexibility index (Phi) is 11.0. The van der Waals surface area contributed by atoms with E-state index in [9.17, 15) is 9.59 Å². The predicted molar refractivity (Wildman–Crippen MR) is 57.0 cm³/mol. The van der Waals surface area contributed by atoms with E-state index >= 15 is 0 Å². The Morgan fingerprint density at radius 2 is 2.06 bits per heavy atom. The molecule has 0 spiro atoms. The van der Waals surface area contributed by atoms with Crippen LogP contribution in [0.1, 0.15) is 0 Å². The second-order valence-electron chi connectivity index (χ2n) is 2.00. The van der Waals surface area contributed by atoms with Crippen molar-refractivity contribution < 1.29 is 28.9 Å². The molecule has 1 aliphatic rings. The molecule has 0 amide bonds. The van der Waals surface area contributed by atoms with E-state index in [2.05, 4.69) is 40.5 Å². The van der Waals surface area contributed by atoms with Crippen molar-refractivity contribution in [3.05, 3.63) is 38.7 Å². The van der Waals surface area contributed by atoms with Crippen molar-refractivity contribution in [2.24, 2.45) is 0 Å². The number of hydrogen-bond donors (Lipinski definition) is 1. The number of hydrogen-bond acceptors (Lipinski definition) is 5. The number of cyclic esters (lactones) is 2. The third-order valence-electron chi connectivity index (χ3n) is 1.06. The first-order valence-electron chi connectivity index (χ1n) is 4.06. The Hall–Kier alpha value is -2.24. The zero-order valence-corrected chi connectivity index (χ0v) is 8.76. The minimum Gasteiger partial charge on any atom is -0.449 e. The molecule has 1 fully saturated rings. The standard InChI is InChI=1S/C5H6O3.C3H4O3.C2H4/c1-2-4-3-7-5(6)8-4;1-2-6-3(4)5;1-2/h2,4H,1,3H2;2H,1H2,(H,4,5);1-2H2. The van der Waals surface area contributed by atoms with Gasteiger partial charge in [0.1, 0.15) is 6.61 Å². The molecule has 16 heavy (non-hydrogen) atoms. The summed E-state index contributed by atoms with van der Waals surface area (Å²) in [4.78, 5) is 19.4. The van der Waals surface area contributed by atoms with Gasteiger partial charge in [0.15, 0.2) is 6.10 Å². The highest BCUT2D eigenvalue weighted by Crippen LogP contribution is 2.05. The monoisotopic (exact) mass is 230 g/mol. The van der Waals surface area contributed by atoms with Crippen LogP contribution in [0.25, 0.3) is 0 Å². The molecule has 1 saturated heterocycles. The van der Waals surface area contributed by atoms with Gasteiger partial charge in [0, 0.05) is 0 Å². The van der Waals surface area contributed by atoms with Gasteiger partial charge >= 0.3 is 12.3 Å². The molecule has 1 N–H and O–H groups in total. The van der Waals surface area contributed by atoms with Gasteiger partial charge in [-0.15, -0.1) is 13.2 Å². The number of carbonyl (C=O) groups is 2. The highest BCUT2D eigenvalue weighted by atomic mass is 16.8. The first-order valence-corrected chi connectivity index (χ1v) is 4.06. The van der Waals surface area contributed by atoms with E-state index in [1.165, 1.54) is 6.08 Å². The number of carboxylic acid groups (broad SMARTS) is 1. The van der Waals surface area contributed by atoms with Gasteiger partial charge in [-0.25, -0.2) is 9.59 Å². The second-order valence-corrected chi connectivity index (χ2v) is 2.00. The minimum atomic E-state index is -1.33. The quantitative estimate of drug-likeness (QED) is 0.445. The highest BCUT2D eigenvalue weighted by Gasteiger charge is 2.20. The van der Waals surface area contributed by atoms with Crippen LogP contribution >= 0.6 is 0 Å². The van der Waals surface area contributed by atoms with Crippen molar-refractivity contribution >= 4 is 12.3 Å². The largest absolute Gasteiger partial charge is 0.510 e. The lowest BCUT2D eigenvalue weighted by Crippen LogP contribution is -2.03. The molecule has 0 saturated carbocycles. The summed E-state index contributed by atoms with van der Waals surface area (Å²) < 4.78 is 12.7. The Balaban J connectivity index is 0. The summed E-state index contributed by atoms with van der Waals surface area (Å²) in [5.74, 6) is 0. The lowest BCUT2D eigenvalue weighted by atomic mass is 10.4. The molecule has 0 aromatic rings. The Morgan fingerprint density at radius 3 is 2.19 bits per heavy atom. The lowest BCUT2D eigenvalue weighted by molar-refractivity contribution is 0.125. The number of rotatable bonds is 2. The molecule has 1 heterocycles. The molecule has 6 nitrogen and oxygen atoms in total. The molecule has 90 valence electrons. The molecule has 1 atom stereocenters. The zero-order valence-electron chi connectivity index (χ0n) is 8.76. The summed E-state index contributed by atoms with van der Waals surface area (Å²) in [6.07, 6.45) is 0.218. The van der Waals surface area contributed by atoms with Crippen LogP contribution < -0.4 is 0 Å². The van der Waals surface area contributed by atoms with Crippen LogP contribution in [0.2, 0.25) is 0 Å². The van der Waals surface area contributed by atoms with Gasteiger partial charge < -0.3 is 19.3 Å². The van der Waals surface area contributed by atoms with Crippen LogP contribution in [-0.4, -0.2) is 30.1 Å². The Bertz CT molecular complexity index is 248. The molecule has 0 aliphatic carbocycles. The maximum absolute atomic E-state index is 10.1. The van der Waals surface area contributed by atoms with Crippen molar-refractivity contribution in [2.45, 2.75) is 6.10 Å². The maximum atomic E-state index is 10.1. The zero-order chi connectivity index (χ0) is 13.0. The topological polar surface area (TPSA) is 82.1 Å². The van der Waals surface area contributed by atoms with E-state index in [1.54, 1.807) is 0 Å². The van der Waals surface area contributed by atoms with Crippen molar-refractivity contribution in [1.82, 2.24) is 0 Å². The molecular formula is C10H14O6. The van der Waals surface area contributed by atoms with Crippen LogP contribution in [-0.2, 0) is 14.2 Å². The van der Waals surface area contributed by atoms with Gasteiger partial charge in [0.25, 0.3) is 0 Å². The minimum absolute atomic E-state index is 0.234. The van der Waals surface area contributed by atoms with Gasteiger partial charge in [-0.05, 0) is 6.08 Å². The Morgan fingerprint density at radius 1 is 1.50 bits per heavy atom. The van der Waals surface area contributed by atoms with Crippen LogP contribution in [0.15, 0.2) is 38.7 Å². The first-order chi connectivity index (χ1) is 7.60. The Labute approximate surface area is 93.4 Å². The SMILES string of the molecule is C=C.C=CC1COC(=O)O1.C=COC(=O)O. The van der Waals surface area contributed by atoms with Crippen LogP contribution in [0.5, 0.6) is 0 Å². The maximum Gasteiger partial charge on any atom is 0.510 e. The van der Waals surface area contributed by atoms with Crippen molar-refractivity contribution in [3.8, 4) is 0 Å². The fourth-order valence-corrected chi connectivity index (χ4v) is 0.529. The van der Waals surface area contributed by atoms with Gasteiger partial charge in [-0.1, -0.05) is 13.2 Å². The van der Waals surface area contributed by atoms with Gasteiger partial charge in [0.2, 0.25) is 0 Å².